The van der Waals surface area contributed by atoms with Crippen molar-refractivity contribution in [1.29, 1.82) is 0 Å². The molecule has 0 radical (unpaired) electrons. The van der Waals surface area contributed by atoms with Gasteiger partial charge in [0, 0.05) is 39.0 Å². The zero-order valence-corrected chi connectivity index (χ0v) is 18.2. The van der Waals surface area contributed by atoms with Crippen molar-refractivity contribution in [2.24, 2.45) is 5.92 Å². The zero-order valence-electron chi connectivity index (χ0n) is 18.2. The van der Waals surface area contributed by atoms with Crippen molar-refractivity contribution < 1.29 is 9.53 Å². The number of anilines is 3. The maximum atomic E-state index is 13.0. The van der Waals surface area contributed by atoms with Crippen LogP contribution < -0.4 is 16.2 Å². The molecule has 4 aromatic rings. The van der Waals surface area contributed by atoms with Crippen molar-refractivity contribution in [1.82, 2.24) is 24.1 Å². The van der Waals surface area contributed by atoms with Crippen LogP contribution in [0, 0.1) is 5.92 Å². The highest BCUT2D eigenvalue weighted by atomic mass is 16.5. The van der Waals surface area contributed by atoms with Gasteiger partial charge in [-0.1, -0.05) is 6.07 Å². The van der Waals surface area contributed by atoms with Gasteiger partial charge in [-0.2, -0.15) is 9.61 Å². The van der Waals surface area contributed by atoms with Gasteiger partial charge in [-0.05, 0) is 36.6 Å². The second kappa shape index (κ2) is 8.47. The Kier molecular flexibility index (Phi) is 5.35. The van der Waals surface area contributed by atoms with Gasteiger partial charge in [0.2, 0.25) is 0 Å². The molecule has 2 atom stereocenters. The number of aromatic nitrogens is 5. The molecule has 0 saturated heterocycles. The Balaban J connectivity index is 1.49. The molecule has 1 aliphatic carbocycles. The van der Waals surface area contributed by atoms with E-state index in [0.717, 1.165) is 6.42 Å². The van der Waals surface area contributed by atoms with Crippen LogP contribution in [0.3, 0.4) is 0 Å². The highest BCUT2D eigenvalue weighted by Gasteiger charge is 2.39. The van der Waals surface area contributed by atoms with Crippen molar-refractivity contribution in [3.05, 3.63) is 70.9 Å². The second-order valence-corrected chi connectivity index (χ2v) is 7.88. The van der Waals surface area contributed by atoms with Gasteiger partial charge in [0.05, 0.1) is 17.9 Å². The first-order valence-electron chi connectivity index (χ1n) is 10.6. The van der Waals surface area contributed by atoms with Gasteiger partial charge in [-0.3, -0.25) is 14.2 Å². The van der Waals surface area contributed by atoms with Crippen molar-refractivity contribution >= 4 is 28.8 Å². The number of fused-ring (bicyclic) bond motifs is 1. The van der Waals surface area contributed by atoms with Gasteiger partial charge in [0.25, 0.3) is 5.56 Å². The average Bonchev–Trinajstić information content (AvgIpc) is 3.45. The molecule has 0 amide bonds. The Hall–Kier alpha value is -4.05. The van der Waals surface area contributed by atoms with E-state index in [1.807, 2.05) is 6.07 Å². The number of ether oxygens (including phenoxy) is 1. The summed E-state index contributed by atoms with van der Waals surface area (Å²) in [5, 5.41) is 10.5. The van der Waals surface area contributed by atoms with Gasteiger partial charge in [-0.15, -0.1) is 0 Å². The predicted molar refractivity (Wildman–Crippen MR) is 124 cm³/mol. The number of pyridine rings is 2. The van der Waals surface area contributed by atoms with E-state index in [2.05, 4.69) is 25.7 Å². The smallest absolute Gasteiger partial charge is 0.279 e. The molecule has 0 aliphatic heterocycles. The summed E-state index contributed by atoms with van der Waals surface area (Å²) in [4.78, 5) is 34.8. The molecule has 1 aliphatic rings. The monoisotopic (exact) mass is 445 g/mol. The number of rotatable bonds is 8. The first-order chi connectivity index (χ1) is 16.1. The number of hydrogen-bond acceptors (Lipinski definition) is 8. The Morgan fingerprint density at radius 3 is 2.88 bits per heavy atom. The molecule has 1 saturated carbocycles. The Morgan fingerprint density at radius 2 is 2.15 bits per heavy atom. The summed E-state index contributed by atoms with van der Waals surface area (Å²) >= 11 is 0. The van der Waals surface area contributed by atoms with E-state index in [1.54, 1.807) is 61.4 Å². The average molecular weight is 445 g/mol. The van der Waals surface area contributed by atoms with Gasteiger partial charge < -0.3 is 15.4 Å². The normalized spacial score (nSPS) is 17.2. The maximum absolute atomic E-state index is 13.0. The summed E-state index contributed by atoms with van der Waals surface area (Å²) < 4.78 is 8.34. The molecule has 2 N–H and O–H groups in total. The molecule has 1 unspecified atom stereocenters. The third-order valence-electron chi connectivity index (χ3n) is 5.74. The summed E-state index contributed by atoms with van der Waals surface area (Å²) in [6, 6.07) is 10.5. The molecule has 5 rings (SSSR count). The van der Waals surface area contributed by atoms with E-state index in [-0.39, 0.29) is 23.4 Å². The van der Waals surface area contributed by atoms with Crippen LogP contribution in [-0.4, -0.2) is 50.2 Å². The molecule has 10 nitrogen and oxygen atoms in total. The molecule has 1 fully saturated rings. The number of methoxy groups -OCH3 is 1. The fraction of sp³-hybridized carbons (Fsp3) is 0.261. The van der Waals surface area contributed by atoms with Crippen LogP contribution in [0.4, 0.5) is 17.3 Å². The van der Waals surface area contributed by atoms with Crippen molar-refractivity contribution in [2.45, 2.75) is 18.9 Å². The number of nitrogens with zero attached hydrogens (tertiary/aromatic N) is 5. The largest absolute Gasteiger partial charge is 0.381 e. The van der Waals surface area contributed by atoms with Crippen LogP contribution in [-0.2, 0) is 4.74 Å². The van der Waals surface area contributed by atoms with Gasteiger partial charge in [0.1, 0.15) is 23.1 Å². The summed E-state index contributed by atoms with van der Waals surface area (Å²) in [5.74, 6) is 1.76. The molecule has 4 aromatic heterocycles. The van der Waals surface area contributed by atoms with E-state index in [1.165, 1.54) is 10.8 Å². The van der Waals surface area contributed by atoms with Crippen molar-refractivity contribution in [2.75, 3.05) is 24.8 Å². The number of hydrogen-bond donors (Lipinski definition) is 2. The van der Waals surface area contributed by atoms with Gasteiger partial charge in [0.15, 0.2) is 11.4 Å². The molecule has 168 valence electrons. The number of nitrogens with one attached hydrogen (secondary N) is 2. The number of carbonyl (C=O) groups is 1. The number of ketones is 1. The van der Waals surface area contributed by atoms with Crippen LogP contribution >= 0.6 is 0 Å². The summed E-state index contributed by atoms with van der Waals surface area (Å²) in [6.07, 6.45) is 6.25. The molecule has 4 heterocycles. The Labute approximate surface area is 189 Å². The molecule has 0 bridgehead atoms. The minimum Gasteiger partial charge on any atom is -0.381 e. The number of Topliss-reactive ketones (excluding diaryl/α,β-unsaturated/α-hetero) is 1. The molecule has 10 heteroatoms. The third-order valence-corrected chi connectivity index (χ3v) is 5.74. The minimum atomic E-state index is -0.270. The van der Waals surface area contributed by atoms with Crippen LogP contribution in [0.5, 0.6) is 0 Å². The fourth-order valence-electron chi connectivity index (χ4n) is 3.88. The lowest BCUT2D eigenvalue weighted by Crippen LogP contribution is -2.21. The third kappa shape index (κ3) is 3.96. The quantitative estimate of drug-likeness (QED) is 0.398. The first kappa shape index (κ1) is 20.8. The number of carbonyl (C=O) groups excluding carboxylic acids is 1. The summed E-state index contributed by atoms with van der Waals surface area (Å²) in [7, 11) is 3.42. The highest BCUT2D eigenvalue weighted by molar-refractivity contribution is 6.02. The fourth-order valence-corrected chi connectivity index (χ4v) is 3.88. The van der Waals surface area contributed by atoms with E-state index < -0.39 is 0 Å². The highest BCUT2D eigenvalue weighted by Crippen LogP contribution is 2.37. The van der Waals surface area contributed by atoms with Crippen molar-refractivity contribution in [3.8, 4) is 5.82 Å². The van der Waals surface area contributed by atoms with E-state index in [0.29, 0.717) is 40.8 Å². The summed E-state index contributed by atoms with van der Waals surface area (Å²) in [6.45, 7) is 0. The van der Waals surface area contributed by atoms with Crippen LogP contribution in [0.1, 0.15) is 23.2 Å². The molecule has 0 spiro atoms. The maximum Gasteiger partial charge on any atom is 0.279 e. The van der Waals surface area contributed by atoms with E-state index >= 15 is 0 Å². The first-order valence-corrected chi connectivity index (χ1v) is 10.6. The lowest BCUT2D eigenvalue weighted by Gasteiger charge is -2.11. The Morgan fingerprint density at radius 1 is 1.27 bits per heavy atom. The van der Waals surface area contributed by atoms with E-state index in [9.17, 15) is 9.59 Å². The second-order valence-electron chi connectivity index (χ2n) is 7.88. The predicted octanol–water partition coefficient (Wildman–Crippen LogP) is 2.67. The topological polar surface area (TPSA) is 115 Å². The zero-order chi connectivity index (χ0) is 22.9. The molecular formula is C23H23N7O3. The molecular weight excluding hydrogens is 422 g/mol. The Bertz CT molecular complexity index is 1380. The SMILES string of the molecule is CNc1cc(Nc2cccn(-c3ccccn3)c2=O)nc2c(C(=O)CC3C[C@@H]3OC)cnn12. The lowest BCUT2D eigenvalue weighted by atomic mass is 10.1. The van der Waals surface area contributed by atoms with Crippen LogP contribution in [0.25, 0.3) is 11.5 Å². The lowest BCUT2D eigenvalue weighted by molar-refractivity contribution is 0.0960. The van der Waals surface area contributed by atoms with Crippen LogP contribution in [0.2, 0.25) is 0 Å². The van der Waals surface area contributed by atoms with Crippen LogP contribution in [0.15, 0.2) is 59.8 Å². The van der Waals surface area contributed by atoms with E-state index in [4.69, 9.17) is 4.74 Å². The molecule has 0 aromatic carbocycles. The minimum absolute atomic E-state index is 0.0292. The molecule has 33 heavy (non-hydrogen) atoms. The van der Waals surface area contributed by atoms with Crippen molar-refractivity contribution in [3.63, 3.8) is 0 Å². The van der Waals surface area contributed by atoms with Gasteiger partial charge >= 0.3 is 0 Å². The van der Waals surface area contributed by atoms with Gasteiger partial charge in [-0.25, -0.2) is 9.97 Å². The summed E-state index contributed by atoms with van der Waals surface area (Å²) in [5.41, 5.74) is 0.921. The standard InChI is InChI=1S/C23H23N7O3/c1-24-21-12-19(27-16-6-5-9-29(23(16)32)20-7-3-4-8-25-20)28-22-15(13-26-30(21)22)17(31)10-14-11-18(14)33-2/h3-9,12-14,18,24H,10-11H2,1-2H3,(H,27,28)/t14?,18-/m0/s1.